The average Bonchev–Trinajstić information content (AvgIpc) is 2.94. The van der Waals surface area contributed by atoms with Crippen molar-refractivity contribution in [1.82, 2.24) is 10.2 Å². The maximum absolute atomic E-state index is 13.9. The third-order valence-corrected chi connectivity index (χ3v) is 8.37. The number of rotatable bonds is 15. The summed E-state index contributed by atoms with van der Waals surface area (Å²) >= 11 is 3.46. The van der Waals surface area contributed by atoms with Gasteiger partial charge in [-0.15, -0.1) is 0 Å². The molecule has 7 nitrogen and oxygen atoms in total. The first kappa shape index (κ1) is 33.2. The van der Waals surface area contributed by atoms with Gasteiger partial charge in [0.15, 0.2) is 11.6 Å². The molecule has 3 aromatic rings. The lowest BCUT2D eigenvalue weighted by Crippen LogP contribution is -2.50. The molecule has 11 heteroatoms. The van der Waals surface area contributed by atoms with E-state index in [2.05, 4.69) is 21.2 Å². The van der Waals surface area contributed by atoms with E-state index in [1.165, 1.54) is 6.07 Å². The molecule has 0 unspecified atom stereocenters. The number of halogens is 3. The van der Waals surface area contributed by atoms with E-state index in [9.17, 15) is 26.8 Å². The van der Waals surface area contributed by atoms with E-state index in [1.807, 2.05) is 61.5 Å². The van der Waals surface area contributed by atoms with Crippen LogP contribution in [0.1, 0.15) is 43.7 Å². The van der Waals surface area contributed by atoms with E-state index in [0.717, 1.165) is 51.1 Å². The molecule has 0 saturated carbocycles. The number of hydrogen-bond donors (Lipinski definition) is 1. The number of nitrogens with one attached hydrogen (secondary N) is 1. The van der Waals surface area contributed by atoms with Gasteiger partial charge in [0.1, 0.15) is 6.04 Å². The highest BCUT2D eigenvalue weighted by Gasteiger charge is 2.30. The highest BCUT2D eigenvalue weighted by atomic mass is 79.9. The Bertz CT molecular complexity index is 1460. The van der Waals surface area contributed by atoms with Crippen LogP contribution in [0.5, 0.6) is 0 Å². The zero-order chi connectivity index (χ0) is 30.7. The maximum Gasteiger partial charge on any atom is 0.243 e. The topological polar surface area (TPSA) is 86.8 Å². The summed E-state index contributed by atoms with van der Waals surface area (Å²) in [5, 5.41) is 2.97. The standard InChI is InChI=1S/C31H36BrF2N3O4S/c1-3-4-17-35-31(39)29(20-23-10-6-5-7-11-23)36(22-24-12-8-13-25(32)19-24)30(38)14-9-18-37(42(2,40)41)26-15-16-27(33)28(34)21-26/h5-8,10-13,15-16,19,21,29H,3-4,9,14,17-18,20,22H2,1-2H3,(H,35,39)/t29-/m0/s1. The molecule has 1 N–H and O–H groups in total. The summed E-state index contributed by atoms with van der Waals surface area (Å²) in [6, 6.07) is 18.9. The van der Waals surface area contributed by atoms with Crippen LogP contribution in [0.2, 0.25) is 0 Å². The minimum Gasteiger partial charge on any atom is -0.354 e. The molecule has 0 fully saturated rings. The molecule has 2 amide bonds. The first-order valence-electron chi connectivity index (χ1n) is 13.8. The Morgan fingerprint density at radius 2 is 1.64 bits per heavy atom. The maximum atomic E-state index is 13.9. The Hall–Kier alpha value is -3.31. The molecular weight excluding hydrogens is 628 g/mol. The number of nitrogens with zero attached hydrogens (tertiary/aromatic N) is 2. The van der Waals surface area contributed by atoms with Gasteiger partial charge in [0.25, 0.3) is 0 Å². The lowest BCUT2D eigenvalue weighted by molar-refractivity contribution is -0.141. The number of benzene rings is 3. The highest BCUT2D eigenvalue weighted by Crippen LogP contribution is 2.23. The second-order valence-electron chi connectivity index (χ2n) is 10.0. The number of anilines is 1. The fraction of sp³-hybridized carbons (Fsp3) is 0.355. The van der Waals surface area contributed by atoms with Crippen LogP contribution in [-0.4, -0.2) is 50.5 Å². The molecular formula is C31H36BrF2N3O4S. The van der Waals surface area contributed by atoms with Crippen LogP contribution in [0.25, 0.3) is 0 Å². The Balaban J connectivity index is 1.88. The van der Waals surface area contributed by atoms with Crippen LogP contribution in [-0.2, 0) is 32.6 Å². The van der Waals surface area contributed by atoms with Crippen LogP contribution in [0.3, 0.4) is 0 Å². The van der Waals surface area contributed by atoms with Gasteiger partial charge in [-0.25, -0.2) is 17.2 Å². The van der Waals surface area contributed by atoms with Gasteiger partial charge in [-0.3, -0.25) is 13.9 Å². The Kier molecular flexibility index (Phi) is 12.5. The van der Waals surface area contributed by atoms with Crippen LogP contribution in [0, 0.1) is 11.6 Å². The summed E-state index contributed by atoms with van der Waals surface area (Å²) in [5.74, 6) is -2.86. The largest absolute Gasteiger partial charge is 0.354 e. The lowest BCUT2D eigenvalue weighted by atomic mass is 10.0. The molecule has 0 aliphatic rings. The predicted molar refractivity (Wildman–Crippen MR) is 164 cm³/mol. The zero-order valence-electron chi connectivity index (χ0n) is 23.7. The number of carbonyl (C=O) groups is 2. The summed E-state index contributed by atoms with van der Waals surface area (Å²) in [4.78, 5) is 28.9. The third kappa shape index (κ3) is 9.90. The molecule has 3 aromatic carbocycles. The first-order chi connectivity index (χ1) is 20.0. The second kappa shape index (κ2) is 15.8. The van der Waals surface area contributed by atoms with Crippen LogP contribution < -0.4 is 9.62 Å². The summed E-state index contributed by atoms with van der Waals surface area (Å²) < 4.78 is 54.1. The van der Waals surface area contributed by atoms with Crippen LogP contribution in [0.15, 0.2) is 77.3 Å². The van der Waals surface area contributed by atoms with Crippen molar-refractivity contribution in [3.63, 3.8) is 0 Å². The van der Waals surface area contributed by atoms with E-state index in [0.29, 0.717) is 13.0 Å². The predicted octanol–water partition coefficient (Wildman–Crippen LogP) is 5.83. The molecule has 1 atom stereocenters. The van der Waals surface area contributed by atoms with Gasteiger partial charge in [0.05, 0.1) is 11.9 Å². The van der Waals surface area contributed by atoms with E-state index in [4.69, 9.17) is 0 Å². The van der Waals surface area contributed by atoms with Crippen molar-refractivity contribution in [3.8, 4) is 0 Å². The van der Waals surface area contributed by atoms with Crippen LogP contribution >= 0.6 is 15.9 Å². The molecule has 0 aromatic heterocycles. The third-order valence-electron chi connectivity index (χ3n) is 6.69. The molecule has 0 spiro atoms. The number of amides is 2. The summed E-state index contributed by atoms with van der Waals surface area (Å²) in [6.07, 6.45) is 2.98. The normalized spacial score (nSPS) is 12.0. The van der Waals surface area contributed by atoms with Gasteiger partial charge in [0, 0.05) is 43.0 Å². The summed E-state index contributed by atoms with van der Waals surface area (Å²) in [5.41, 5.74) is 1.67. The SMILES string of the molecule is CCCCNC(=O)[C@H](Cc1ccccc1)N(Cc1cccc(Br)c1)C(=O)CCCN(c1ccc(F)c(F)c1)S(C)(=O)=O. The van der Waals surface area contributed by atoms with Gasteiger partial charge in [-0.1, -0.05) is 71.7 Å². The van der Waals surface area contributed by atoms with Crippen molar-refractivity contribution in [2.24, 2.45) is 0 Å². The number of hydrogen-bond acceptors (Lipinski definition) is 4. The summed E-state index contributed by atoms with van der Waals surface area (Å²) in [6.45, 7) is 2.54. The number of carbonyl (C=O) groups excluding carboxylic acids is 2. The van der Waals surface area contributed by atoms with Gasteiger partial charge >= 0.3 is 0 Å². The van der Waals surface area contributed by atoms with E-state index >= 15 is 0 Å². The fourth-order valence-corrected chi connectivity index (χ4v) is 5.94. The minimum atomic E-state index is -3.85. The summed E-state index contributed by atoms with van der Waals surface area (Å²) in [7, 11) is -3.85. The molecule has 42 heavy (non-hydrogen) atoms. The second-order valence-corrected chi connectivity index (χ2v) is 12.9. The van der Waals surface area contributed by atoms with Crippen molar-refractivity contribution in [3.05, 3.63) is 100 Å². The number of sulfonamides is 1. The van der Waals surface area contributed by atoms with Crippen molar-refractivity contribution < 1.29 is 26.8 Å². The monoisotopic (exact) mass is 663 g/mol. The molecule has 3 rings (SSSR count). The fourth-order valence-electron chi connectivity index (χ4n) is 4.54. The Morgan fingerprint density at radius 3 is 2.29 bits per heavy atom. The molecule has 0 radical (unpaired) electrons. The van der Waals surface area contributed by atoms with Gasteiger partial charge in [0.2, 0.25) is 21.8 Å². The van der Waals surface area contributed by atoms with E-state index in [-0.39, 0.29) is 43.4 Å². The van der Waals surface area contributed by atoms with Crippen molar-refractivity contribution >= 4 is 43.5 Å². The van der Waals surface area contributed by atoms with E-state index < -0.39 is 27.7 Å². The molecule has 0 aliphatic carbocycles. The highest BCUT2D eigenvalue weighted by molar-refractivity contribution is 9.10. The van der Waals surface area contributed by atoms with Gasteiger partial charge < -0.3 is 10.2 Å². The van der Waals surface area contributed by atoms with E-state index in [1.54, 1.807) is 4.90 Å². The first-order valence-corrected chi connectivity index (χ1v) is 16.4. The molecule has 0 saturated heterocycles. The zero-order valence-corrected chi connectivity index (χ0v) is 26.1. The molecule has 0 bridgehead atoms. The average molecular weight is 665 g/mol. The van der Waals surface area contributed by atoms with Crippen molar-refractivity contribution in [1.29, 1.82) is 0 Å². The Morgan fingerprint density at radius 1 is 0.929 bits per heavy atom. The van der Waals surface area contributed by atoms with Crippen molar-refractivity contribution in [2.45, 2.75) is 51.6 Å². The quantitative estimate of drug-likeness (QED) is 0.207. The lowest BCUT2D eigenvalue weighted by Gasteiger charge is -2.32. The van der Waals surface area contributed by atoms with Crippen LogP contribution in [0.4, 0.5) is 14.5 Å². The van der Waals surface area contributed by atoms with Gasteiger partial charge in [-0.05, 0) is 48.2 Å². The molecule has 226 valence electrons. The molecule has 0 aliphatic heterocycles. The minimum absolute atomic E-state index is 0.0351. The smallest absolute Gasteiger partial charge is 0.243 e. The van der Waals surface area contributed by atoms with Crippen molar-refractivity contribution in [2.75, 3.05) is 23.7 Å². The van der Waals surface area contributed by atoms with Gasteiger partial charge in [-0.2, -0.15) is 0 Å². The Labute approximate surface area is 255 Å². The molecule has 0 heterocycles. The number of unbranched alkanes of at least 4 members (excludes halogenated alkanes) is 1.